The summed E-state index contributed by atoms with van der Waals surface area (Å²) in [7, 11) is 0. The Bertz CT molecular complexity index is 829. The summed E-state index contributed by atoms with van der Waals surface area (Å²) in [4.78, 5) is 20.4. The van der Waals surface area contributed by atoms with Crippen LogP contribution in [-0.2, 0) is 0 Å². The van der Waals surface area contributed by atoms with Crippen LogP contribution in [0.3, 0.4) is 0 Å². The van der Waals surface area contributed by atoms with Crippen molar-refractivity contribution in [1.82, 2.24) is 15.1 Å². The minimum absolute atomic E-state index is 0.126. The van der Waals surface area contributed by atoms with E-state index in [4.69, 9.17) is 0 Å². The van der Waals surface area contributed by atoms with Crippen LogP contribution >= 0.6 is 0 Å². The third-order valence-electron chi connectivity index (χ3n) is 5.89. The van der Waals surface area contributed by atoms with Crippen molar-refractivity contribution in [3.05, 3.63) is 47.8 Å². The Morgan fingerprint density at radius 2 is 1.59 bits per heavy atom. The normalized spacial score (nSPS) is 18.2. The largest absolute Gasteiger partial charge is 0.352 e. The van der Waals surface area contributed by atoms with Gasteiger partial charge in [0.1, 0.15) is 5.82 Å². The first-order valence-corrected chi connectivity index (χ1v) is 10.4. The molecule has 0 aliphatic carbocycles. The molecule has 2 aliphatic rings. The first-order chi connectivity index (χ1) is 14.1. The monoisotopic (exact) mass is 399 g/mol. The van der Waals surface area contributed by atoms with Gasteiger partial charge in [0.25, 0.3) is 5.91 Å². The highest BCUT2D eigenvalue weighted by molar-refractivity contribution is 5.94. The summed E-state index contributed by atoms with van der Waals surface area (Å²) >= 11 is 0. The first-order valence-electron chi connectivity index (χ1n) is 10.4. The zero-order valence-electron chi connectivity index (χ0n) is 16.9. The van der Waals surface area contributed by atoms with Crippen molar-refractivity contribution in [3.63, 3.8) is 0 Å². The molecular weight excluding hydrogens is 371 g/mol. The lowest BCUT2D eigenvalue weighted by Crippen LogP contribution is -3.14. The number of halogens is 1. The highest BCUT2D eigenvalue weighted by Gasteiger charge is 2.24. The van der Waals surface area contributed by atoms with E-state index < -0.39 is 0 Å². The van der Waals surface area contributed by atoms with E-state index >= 15 is 0 Å². The Morgan fingerprint density at radius 3 is 2.14 bits per heavy atom. The van der Waals surface area contributed by atoms with E-state index in [0.717, 1.165) is 37.8 Å². The number of nitrogens with one attached hydrogen (secondary N) is 1. The van der Waals surface area contributed by atoms with Crippen LogP contribution in [0.1, 0.15) is 17.3 Å². The van der Waals surface area contributed by atoms with Crippen LogP contribution in [0.4, 0.5) is 16.0 Å². The molecule has 0 spiro atoms. The molecule has 8 heteroatoms. The molecule has 0 unspecified atom stereocenters. The van der Waals surface area contributed by atoms with Crippen LogP contribution in [0.2, 0.25) is 0 Å². The van der Waals surface area contributed by atoms with Crippen LogP contribution in [0.15, 0.2) is 36.4 Å². The number of carbonyl (C=O) groups is 1. The molecule has 2 fully saturated rings. The average Bonchev–Trinajstić information content (AvgIpc) is 2.79. The van der Waals surface area contributed by atoms with Crippen LogP contribution < -0.4 is 14.7 Å². The second-order valence-electron chi connectivity index (χ2n) is 7.63. The molecule has 4 rings (SSSR count). The van der Waals surface area contributed by atoms with E-state index in [1.165, 1.54) is 18.7 Å². The lowest BCUT2D eigenvalue weighted by molar-refractivity contribution is -0.898. The fraction of sp³-hybridized carbons (Fsp3) is 0.476. The van der Waals surface area contributed by atoms with Crippen LogP contribution in [-0.4, -0.2) is 79.9 Å². The maximum Gasteiger partial charge on any atom is 0.254 e. The van der Waals surface area contributed by atoms with Crippen LogP contribution in [0.25, 0.3) is 0 Å². The van der Waals surface area contributed by atoms with Crippen LogP contribution in [0.5, 0.6) is 0 Å². The van der Waals surface area contributed by atoms with Gasteiger partial charge in [-0.05, 0) is 37.3 Å². The predicted molar refractivity (Wildman–Crippen MR) is 110 cm³/mol. The first kappa shape index (κ1) is 19.6. The SMILES string of the molecule is CC[NH+]1CCN(c2ccc(N3CCN(C(=O)c4cccc(F)c4)CC3)nn2)CC1. The van der Waals surface area contributed by atoms with Gasteiger partial charge in [-0.25, -0.2) is 4.39 Å². The highest BCUT2D eigenvalue weighted by Crippen LogP contribution is 2.18. The number of rotatable bonds is 4. The number of anilines is 2. The Morgan fingerprint density at radius 1 is 0.966 bits per heavy atom. The molecule has 3 heterocycles. The number of nitrogens with zero attached hydrogens (tertiary/aromatic N) is 5. The van der Waals surface area contributed by atoms with E-state index in [2.05, 4.69) is 26.9 Å². The smallest absolute Gasteiger partial charge is 0.254 e. The standard InChI is InChI=1S/C21H27FN6O/c1-2-25-8-10-26(11-9-25)19-6-7-20(24-23-19)27-12-14-28(15-13-27)21(29)17-4-3-5-18(22)16-17/h3-7,16H,2,8-15H2,1H3/p+1. The van der Waals surface area contributed by atoms with Gasteiger partial charge in [-0.3, -0.25) is 4.79 Å². The molecule has 2 saturated heterocycles. The fourth-order valence-electron chi connectivity index (χ4n) is 4.00. The minimum atomic E-state index is -0.387. The molecule has 1 N–H and O–H groups in total. The lowest BCUT2D eigenvalue weighted by Gasteiger charge is -2.35. The number of aromatic nitrogens is 2. The maximum atomic E-state index is 13.4. The number of likely N-dealkylation sites (N-methyl/N-ethyl adjacent to an activating group) is 1. The average molecular weight is 399 g/mol. The van der Waals surface area contributed by atoms with E-state index in [1.807, 2.05) is 12.1 Å². The maximum absolute atomic E-state index is 13.4. The van der Waals surface area contributed by atoms with Gasteiger partial charge in [-0.15, -0.1) is 10.2 Å². The molecule has 7 nitrogen and oxygen atoms in total. The molecular formula is C21H28FN6O+. The summed E-state index contributed by atoms with van der Waals surface area (Å²) in [5, 5.41) is 8.87. The number of hydrogen-bond donors (Lipinski definition) is 1. The number of carbonyl (C=O) groups excluding carboxylic acids is 1. The van der Waals surface area contributed by atoms with Gasteiger partial charge in [-0.2, -0.15) is 0 Å². The van der Waals surface area contributed by atoms with Gasteiger partial charge < -0.3 is 19.6 Å². The highest BCUT2D eigenvalue weighted by atomic mass is 19.1. The summed E-state index contributed by atoms with van der Waals surface area (Å²) in [5.41, 5.74) is 0.396. The summed E-state index contributed by atoms with van der Waals surface area (Å²) in [5.74, 6) is 1.26. The van der Waals surface area contributed by atoms with Gasteiger partial charge in [-0.1, -0.05) is 6.07 Å². The molecule has 0 bridgehead atoms. The third kappa shape index (κ3) is 4.48. The number of benzene rings is 1. The third-order valence-corrected chi connectivity index (χ3v) is 5.89. The number of hydrogen-bond acceptors (Lipinski definition) is 5. The van der Waals surface area contributed by atoms with E-state index in [1.54, 1.807) is 21.9 Å². The quantitative estimate of drug-likeness (QED) is 0.802. The van der Waals surface area contributed by atoms with Crippen molar-refractivity contribution in [2.45, 2.75) is 6.92 Å². The molecule has 1 aromatic heterocycles. The van der Waals surface area contributed by atoms with Crippen molar-refractivity contribution in [2.75, 3.05) is 68.7 Å². The molecule has 2 aromatic rings. The van der Waals surface area contributed by atoms with Gasteiger partial charge in [0.05, 0.1) is 32.7 Å². The Labute approximate surface area is 170 Å². The Balaban J connectivity index is 1.32. The second-order valence-corrected chi connectivity index (χ2v) is 7.63. The molecule has 1 amide bonds. The Kier molecular flexibility index (Phi) is 5.89. The van der Waals surface area contributed by atoms with Gasteiger partial charge in [0, 0.05) is 31.7 Å². The number of amides is 1. The minimum Gasteiger partial charge on any atom is -0.352 e. The van der Waals surface area contributed by atoms with Gasteiger partial charge in [0.15, 0.2) is 11.6 Å². The lowest BCUT2D eigenvalue weighted by atomic mass is 10.1. The second kappa shape index (κ2) is 8.73. The number of piperazine rings is 2. The van der Waals surface area contributed by atoms with Crippen molar-refractivity contribution < 1.29 is 14.1 Å². The molecule has 29 heavy (non-hydrogen) atoms. The van der Waals surface area contributed by atoms with Crippen molar-refractivity contribution in [3.8, 4) is 0 Å². The zero-order valence-corrected chi connectivity index (χ0v) is 16.9. The van der Waals surface area contributed by atoms with Crippen LogP contribution in [0, 0.1) is 5.82 Å². The summed E-state index contributed by atoms with van der Waals surface area (Å²) in [6.45, 7) is 10.2. The molecule has 154 valence electrons. The molecule has 0 atom stereocenters. The summed E-state index contributed by atoms with van der Waals surface area (Å²) < 4.78 is 13.4. The topological polar surface area (TPSA) is 57.0 Å². The molecule has 0 saturated carbocycles. The van der Waals surface area contributed by atoms with E-state index in [-0.39, 0.29) is 11.7 Å². The van der Waals surface area contributed by atoms with Gasteiger partial charge >= 0.3 is 0 Å². The Hall–Kier alpha value is -2.74. The molecule has 0 radical (unpaired) electrons. The molecule has 1 aromatic carbocycles. The van der Waals surface area contributed by atoms with Crippen molar-refractivity contribution in [2.24, 2.45) is 0 Å². The van der Waals surface area contributed by atoms with Crippen molar-refractivity contribution >= 4 is 17.5 Å². The summed E-state index contributed by atoms with van der Waals surface area (Å²) in [6, 6.07) is 9.93. The van der Waals surface area contributed by atoms with E-state index in [0.29, 0.717) is 31.7 Å². The van der Waals surface area contributed by atoms with Crippen molar-refractivity contribution in [1.29, 1.82) is 0 Å². The molecule has 2 aliphatic heterocycles. The predicted octanol–water partition coefficient (Wildman–Crippen LogP) is 0.303. The summed E-state index contributed by atoms with van der Waals surface area (Å²) in [6.07, 6.45) is 0. The zero-order chi connectivity index (χ0) is 20.2. The fourth-order valence-corrected chi connectivity index (χ4v) is 4.00. The van der Waals surface area contributed by atoms with E-state index in [9.17, 15) is 9.18 Å². The number of quaternary nitrogens is 1. The van der Waals surface area contributed by atoms with Gasteiger partial charge in [0.2, 0.25) is 0 Å².